The fourth-order valence-corrected chi connectivity index (χ4v) is 1.94. The normalized spacial score (nSPS) is 12.0. The van der Waals surface area contributed by atoms with Crippen molar-refractivity contribution in [1.82, 2.24) is 4.98 Å². The highest BCUT2D eigenvalue weighted by Crippen LogP contribution is 2.28. The molecule has 1 heterocycles. The third-order valence-corrected chi connectivity index (χ3v) is 2.78. The van der Waals surface area contributed by atoms with Crippen molar-refractivity contribution < 1.29 is 8.81 Å². The smallest absolute Gasteiger partial charge is 0.230 e. The summed E-state index contributed by atoms with van der Waals surface area (Å²) in [7, 11) is 0. The van der Waals surface area contributed by atoms with Crippen molar-refractivity contribution in [3.8, 4) is 11.5 Å². The van der Waals surface area contributed by atoms with Gasteiger partial charge in [0.25, 0.3) is 0 Å². The Kier molecular flexibility index (Phi) is 2.95. The van der Waals surface area contributed by atoms with Crippen LogP contribution in [0.5, 0.6) is 0 Å². The van der Waals surface area contributed by atoms with Crippen LogP contribution in [0.4, 0.5) is 10.1 Å². The van der Waals surface area contributed by atoms with E-state index in [-0.39, 0.29) is 11.7 Å². The summed E-state index contributed by atoms with van der Waals surface area (Å²) in [6.07, 6.45) is 0. The van der Waals surface area contributed by atoms with Gasteiger partial charge in [-0.2, -0.15) is 0 Å². The van der Waals surface area contributed by atoms with Crippen LogP contribution in [0.15, 0.2) is 51.9 Å². The van der Waals surface area contributed by atoms with Crippen molar-refractivity contribution in [2.45, 2.75) is 6.92 Å². The molecule has 0 amide bonds. The van der Waals surface area contributed by atoms with Crippen LogP contribution in [0, 0.1) is 5.82 Å². The average molecular weight is 269 g/mol. The summed E-state index contributed by atoms with van der Waals surface area (Å²) in [6, 6.07) is 11.6. The minimum absolute atomic E-state index is 0.253. The number of hydrogen-bond donors (Lipinski definition) is 1. The molecule has 0 spiro atoms. The van der Waals surface area contributed by atoms with Gasteiger partial charge in [-0.1, -0.05) is 12.1 Å². The van der Waals surface area contributed by atoms with E-state index in [0.717, 1.165) is 0 Å². The van der Waals surface area contributed by atoms with Gasteiger partial charge < -0.3 is 10.2 Å². The van der Waals surface area contributed by atoms with Crippen molar-refractivity contribution in [3.63, 3.8) is 0 Å². The van der Waals surface area contributed by atoms with E-state index in [1.807, 2.05) is 0 Å². The van der Waals surface area contributed by atoms with Gasteiger partial charge in [0.1, 0.15) is 11.3 Å². The molecule has 0 aliphatic rings. The number of oxazole rings is 1. The molecule has 5 heteroatoms. The zero-order valence-corrected chi connectivity index (χ0v) is 10.8. The van der Waals surface area contributed by atoms with E-state index >= 15 is 0 Å². The summed E-state index contributed by atoms with van der Waals surface area (Å²) in [6.45, 7) is 1.71. The van der Waals surface area contributed by atoms with Crippen LogP contribution in [0.3, 0.4) is 0 Å². The Morgan fingerprint density at radius 2 is 2.05 bits per heavy atom. The van der Waals surface area contributed by atoms with Gasteiger partial charge >= 0.3 is 0 Å². The summed E-state index contributed by atoms with van der Waals surface area (Å²) in [5.41, 5.74) is 7.76. The second-order valence-electron chi connectivity index (χ2n) is 4.40. The lowest BCUT2D eigenvalue weighted by molar-refractivity contribution is 0.593. The van der Waals surface area contributed by atoms with E-state index < -0.39 is 0 Å². The van der Waals surface area contributed by atoms with Crippen molar-refractivity contribution in [2.75, 3.05) is 0 Å². The predicted molar refractivity (Wildman–Crippen MR) is 76.4 cm³/mol. The molecule has 100 valence electrons. The highest BCUT2D eigenvalue weighted by atomic mass is 19.1. The molecule has 3 aromatic rings. The lowest BCUT2D eigenvalue weighted by Gasteiger charge is -1.95. The van der Waals surface area contributed by atoms with Crippen LogP contribution in [0.25, 0.3) is 22.6 Å². The van der Waals surface area contributed by atoms with E-state index in [4.69, 9.17) is 10.2 Å². The molecule has 0 aliphatic heterocycles. The summed E-state index contributed by atoms with van der Waals surface area (Å²) >= 11 is 0. The maximum Gasteiger partial charge on any atom is 0.230 e. The molecule has 0 saturated carbocycles. The van der Waals surface area contributed by atoms with Crippen LogP contribution in [-0.2, 0) is 0 Å². The zero-order valence-electron chi connectivity index (χ0n) is 10.8. The third-order valence-electron chi connectivity index (χ3n) is 2.78. The van der Waals surface area contributed by atoms with E-state index in [2.05, 4.69) is 9.98 Å². The molecular weight excluding hydrogens is 257 g/mol. The quantitative estimate of drug-likeness (QED) is 0.570. The van der Waals surface area contributed by atoms with Crippen LogP contribution >= 0.6 is 0 Å². The van der Waals surface area contributed by atoms with Gasteiger partial charge in [0.05, 0.1) is 17.1 Å². The molecule has 0 radical (unpaired) electrons. The van der Waals surface area contributed by atoms with Gasteiger partial charge in [-0.15, -0.1) is 0 Å². The largest absolute Gasteiger partial charge is 0.436 e. The number of hydrogen-bond acceptors (Lipinski definition) is 3. The second-order valence-corrected chi connectivity index (χ2v) is 4.40. The lowest BCUT2D eigenvalue weighted by Crippen LogP contribution is -2.03. The summed E-state index contributed by atoms with van der Waals surface area (Å²) < 4.78 is 19.3. The highest BCUT2D eigenvalue weighted by Gasteiger charge is 2.12. The first kappa shape index (κ1) is 12.3. The fraction of sp³-hybridized carbons (Fsp3) is 0.0667. The minimum Gasteiger partial charge on any atom is -0.436 e. The fourth-order valence-electron chi connectivity index (χ4n) is 1.94. The minimum atomic E-state index is -0.366. The topological polar surface area (TPSA) is 64.4 Å². The SMILES string of the molecule is CC(N)=Nc1ccc2oc(-c3ccccc3F)nc2c1. The van der Waals surface area contributed by atoms with Crippen molar-refractivity contribution in [3.05, 3.63) is 48.3 Å². The molecule has 2 N–H and O–H groups in total. The zero-order chi connectivity index (χ0) is 14.1. The van der Waals surface area contributed by atoms with Gasteiger partial charge in [-0.3, -0.25) is 0 Å². The Hall–Kier alpha value is -2.69. The molecule has 0 saturated heterocycles. The number of amidine groups is 1. The first-order valence-electron chi connectivity index (χ1n) is 6.10. The van der Waals surface area contributed by atoms with Crippen molar-refractivity contribution in [2.24, 2.45) is 10.7 Å². The van der Waals surface area contributed by atoms with Gasteiger partial charge in [0, 0.05) is 0 Å². The number of nitrogens with two attached hydrogens (primary N) is 1. The number of rotatable bonds is 2. The maximum atomic E-state index is 13.7. The van der Waals surface area contributed by atoms with Crippen molar-refractivity contribution >= 4 is 22.6 Å². The molecule has 0 fully saturated rings. The molecule has 1 aromatic heterocycles. The molecule has 4 nitrogen and oxygen atoms in total. The van der Waals surface area contributed by atoms with E-state index in [0.29, 0.717) is 28.2 Å². The molecule has 20 heavy (non-hydrogen) atoms. The maximum absolute atomic E-state index is 13.7. The molecular formula is C15H12FN3O. The molecule has 0 unspecified atom stereocenters. The molecule has 0 atom stereocenters. The monoisotopic (exact) mass is 269 g/mol. The number of halogens is 1. The lowest BCUT2D eigenvalue weighted by atomic mass is 10.2. The Bertz CT molecular complexity index is 804. The highest BCUT2D eigenvalue weighted by molar-refractivity contribution is 5.84. The number of benzene rings is 2. The molecule has 0 aliphatic carbocycles. The van der Waals surface area contributed by atoms with Gasteiger partial charge in [0.15, 0.2) is 5.58 Å². The second kappa shape index (κ2) is 4.77. The Labute approximate surface area is 114 Å². The van der Waals surface area contributed by atoms with Crippen LogP contribution in [0.2, 0.25) is 0 Å². The van der Waals surface area contributed by atoms with Gasteiger partial charge in [-0.25, -0.2) is 14.4 Å². The number of aromatic nitrogens is 1. The van der Waals surface area contributed by atoms with E-state index in [1.165, 1.54) is 6.07 Å². The van der Waals surface area contributed by atoms with Crippen LogP contribution < -0.4 is 5.73 Å². The first-order chi connectivity index (χ1) is 9.63. The van der Waals surface area contributed by atoms with Crippen LogP contribution in [0.1, 0.15) is 6.92 Å². The summed E-state index contributed by atoms with van der Waals surface area (Å²) in [4.78, 5) is 8.44. The van der Waals surface area contributed by atoms with E-state index in [1.54, 1.807) is 43.3 Å². The summed E-state index contributed by atoms with van der Waals surface area (Å²) in [5, 5.41) is 0. The predicted octanol–water partition coefficient (Wildman–Crippen LogP) is 3.64. The average Bonchev–Trinajstić information content (AvgIpc) is 2.81. The number of nitrogens with zero attached hydrogens (tertiary/aromatic N) is 2. The molecule has 2 aromatic carbocycles. The Morgan fingerprint density at radius 1 is 1.25 bits per heavy atom. The number of fused-ring (bicyclic) bond motifs is 1. The van der Waals surface area contributed by atoms with Gasteiger partial charge in [-0.05, 0) is 37.3 Å². The molecule has 3 rings (SSSR count). The first-order valence-corrected chi connectivity index (χ1v) is 6.10. The Balaban J connectivity index is 2.12. The van der Waals surface area contributed by atoms with E-state index in [9.17, 15) is 4.39 Å². The Morgan fingerprint density at radius 3 is 2.80 bits per heavy atom. The third kappa shape index (κ3) is 2.25. The van der Waals surface area contributed by atoms with Gasteiger partial charge in [0.2, 0.25) is 5.89 Å². The molecule has 0 bridgehead atoms. The number of aliphatic imine (C=N–C) groups is 1. The standard InChI is InChI=1S/C15H12FN3O/c1-9(17)18-10-6-7-14-13(8-10)19-15(20-14)11-4-2-3-5-12(11)16/h2-8H,1H3,(H2,17,18). The summed E-state index contributed by atoms with van der Waals surface area (Å²) in [5.74, 6) is 0.348. The van der Waals surface area contributed by atoms with Crippen LogP contribution in [-0.4, -0.2) is 10.8 Å². The van der Waals surface area contributed by atoms with Crippen molar-refractivity contribution in [1.29, 1.82) is 0 Å².